The summed E-state index contributed by atoms with van der Waals surface area (Å²) in [5.74, 6) is 0. The van der Waals surface area contributed by atoms with Crippen LogP contribution in [0.5, 0.6) is 0 Å². The zero-order valence-electron chi connectivity index (χ0n) is 12.9. The first-order valence-electron chi connectivity index (χ1n) is 7.16. The molecule has 0 radical (unpaired) electrons. The van der Waals surface area contributed by atoms with Gasteiger partial charge in [0.2, 0.25) is 10.0 Å². The summed E-state index contributed by atoms with van der Waals surface area (Å²) in [4.78, 5) is 0.304. The Morgan fingerprint density at radius 1 is 1.38 bits per heavy atom. The number of hydrogen-bond acceptors (Lipinski definition) is 3. The maximum atomic E-state index is 12.4. The van der Waals surface area contributed by atoms with Gasteiger partial charge in [-0.25, -0.2) is 13.1 Å². The van der Waals surface area contributed by atoms with Gasteiger partial charge in [-0.3, -0.25) is 0 Å². The second kappa shape index (κ2) is 5.99. The van der Waals surface area contributed by atoms with Crippen molar-refractivity contribution < 1.29 is 8.42 Å². The highest BCUT2D eigenvalue weighted by Crippen LogP contribution is 2.45. The zero-order valence-corrected chi connectivity index (χ0v) is 15.3. The molecule has 0 bridgehead atoms. The van der Waals surface area contributed by atoms with Crippen LogP contribution in [-0.4, -0.2) is 20.5 Å². The van der Waals surface area contributed by atoms with Crippen LogP contribution in [0.15, 0.2) is 27.6 Å². The Hall–Kier alpha value is -0.430. The summed E-state index contributed by atoms with van der Waals surface area (Å²) in [6.45, 7) is 9.01. The van der Waals surface area contributed by atoms with Gasteiger partial charge in [0.15, 0.2) is 0 Å². The molecule has 1 fully saturated rings. The SMILES string of the molecule is CC(C)NCc1ccc(S(=O)(=O)NC2CC2(C)C)c(Br)c1. The van der Waals surface area contributed by atoms with E-state index < -0.39 is 10.0 Å². The highest BCUT2D eigenvalue weighted by atomic mass is 79.9. The molecule has 6 heteroatoms. The molecule has 0 spiro atoms. The highest BCUT2D eigenvalue weighted by molar-refractivity contribution is 9.10. The van der Waals surface area contributed by atoms with Gasteiger partial charge in [-0.1, -0.05) is 33.8 Å². The van der Waals surface area contributed by atoms with Crippen molar-refractivity contribution in [2.24, 2.45) is 5.41 Å². The highest BCUT2D eigenvalue weighted by Gasteiger charge is 2.48. The van der Waals surface area contributed by atoms with Crippen LogP contribution in [0.4, 0.5) is 0 Å². The van der Waals surface area contributed by atoms with Crippen molar-refractivity contribution in [2.45, 2.75) is 57.6 Å². The third-order valence-electron chi connectivity index (χ3n) is 3.81. The van der Waals surface area contributed by atoms with Gasteiger partial charge in [0.05, 0.1) is 4.90 Å². The molecule has 1 unspecified atom stereocenters. The maximum Gasteiger partial charge on any atom is 0.241 e. The molecule has 0 amide bonds. The monoisotopic (exact) mass is 374 g/mol. The predicted molar refractivity (Wildman–Crippen MR) is 88.6 cm³/mol. The van der Waals surface area contributed by atoms with Crippen molar-refractivity contribution in [3.63, 3.8) is 0 Å². The van der Waals surface area contributed by atoms with E-state index in [9.17, 15) is 8.42 Å². The summed E-state index contributed by atoms with van der Waals surface area (Å²) in [7, 11) is -3.46. The third-order valence-corrected chi connectivity index (χ3v) is 6.26. The first-order valence-corrected chi connectivity index (χ1v) is 9.43. The van der Waals surface area contributed by atoms with Crippen LogP contribution in [0.3, 0.4) is 0 Å². The van der Waals surface area contributed by atoms with E-state index in [2.05, 4.69) is 53.7 Å². The van der Waals surface area contributed by atoms with Gasteiger partial charge >= 0.3 is 0 Å². The Labute approximate surface area is 135 Å². The molecular formula is C15H23BrN2O2S. The lowest BCUT2D eigenvalue weighted by molar-refractivity contribution is 0.554. The van der Waals surface area contributed by atoms with Crippen LogP contribution in [0.1, 0.15) is 39.7 Å². The topological polar surface area (TPSA) is 58.2 Å². The molecule has 1 aromatic rings. The minimum absolute atomic E-state index is 0.0386. The van der Waals surface area contributed by atoms with Gasteiger partial charge in [0, 0.05) is 23.1 Å². The molecule has 1 aliphatic rings. The lowest BCUT2D eigenvalue weighted by Gasteiger charge is -2.12. The van der Waals surface area contributed by atoms with E-state index in [4.69, 9.17) is 0 Å². The number of benzene rings is 1. The molecular weight excluding hydrogens is 352 g/mol. The summed E-state index contributed by atoms with van der Waals surface area (Å²) in [6.07, 6.45) is 0.889. The normalized spacial score (nSPS) is 20.8. The average Bonchev–Trinajstić information content (AvgIpc) is 2.92. The molecule has 0 aromatic heterocycles. The average molecular weight is 375 g/mol. The van der Waals surface area contributed by atoms with Gasteiger partial charge in [-0.05, 0) is 45.5 Å². The molecule has 1 atom stereocenters. The minimum atomic E-state index is -3.46. The summed E-state index contributed by atoms with van der Waals surface area (Å²) >= 11 is 3.38. The quantitative estimate of drug-likeness (QED) is 0.804. The van der Waals surface area contributed by atoms with E-state index in [1.807, 2.05) is 12.1 Å². The smallest absolute Gasteiger partial charge is 0.241 e. The molecule has 2 N–H and O–H groups in total. The van der Waals surface area contributed by atoms with Crippen molar-refractivity contribution in [2.75, 3.05) is 0 Å². The van der Waals surface area contributed by atoms with Crippen molar-refractivity contribution in [1.82, 2.24) is 10.0 Å². The predicted octanol–water partition coefficient (Wildman–Crippen LogP) is 3.02. The van der Waals surface area contributed by atoms with Crippen LogP contribution >= 0.6 is 15.9 Å². The van der Waals surface area contributed by atoms with Crippen molar-refractivity contribution in [3.8, 4) is 0 Å². The fourth-order valence-corrected chi connectivity index (χ4v) is 4.65. The largest absolute Gasteiger partial charge is 0.310 e. The fourth-order valence-electron chi connectivity index (χ4n) is 2.11. The van der Waals surface area contributed by atoms with Crippen LogP contribution in [0, 0.1) is 5.41 Å². The van der Waals surface area contributed by atoms with Crippen LogP contribution < -0.4 is 10.0 Å². The molecule has 21 heavy (non-hydrogen) atoms. The van der Waals surface area contributed by atoms with E-state index >= 15 is 0 Å². The second-order valence-corrected chi connectivity index (χ2v) is 9.20. The molecule has 0 aliphatic heterocycles. The van der Waals surface area contributed by atoms with Gasteiger partial charge < -0.3 is 5.32 Å². The van der Waals surface area contributed by atoms with Crippen molar-refractivity contribution in [3.05, 3.63) is 28.2 Å². The molecule has 2 rings (SSSR count). The van der Waals surface area contributed by atoms with E-state index in [1.165, 1.54) is 0 Å². The molecule has 118 valence electrons. The Bertz CT molecular complexity index is 627. The number of sulfonamides is 1. The van der Waals surface area contributed by atoms with Crippen molar-refractivity contribution >= 4 is 26.0 Å². The molecule has 4 nitrogen and oxygen atoms in total. The van der Waals surface area contributed by atoms with E-state index in [-0.39, 0.29) is 11.5 Å². The number of halogens is 1. The summed E-state index contributed by atoms with van der Waals surface area (Å²) < 4.78 is 28.2. The minimum Gasteiger partial charge on any atom is -0.310 e. The van der Waals surface area contributed by atoms with Crippen LogP contribution in [0.25, 0.3) is 0 Å². The molecule has 0 saturated heterocycles. The third kappa shape index (κ3) is 4.28. The fraction of sp³-hybridized carbons (Fsp3) is 0.600. The lowest BCUT2D eigenvalue weighted by Crippen LogP contribution is -2.29. The lowest BCUT2D eigenvalue weighted by atomic mass is 10.2. The summed E-state index contributed by atoms with van der Waals surface area (Å²) in [6, 6.07) is 5.82. The van der Waals surface area contributed by atoms with Gasteiger partial charge in [-0.2, -0.15) is 0 Å². The first kappa shape index (κ1) is 16.9. The number of nitrogens with one attached hydrogen (secondary N) is 2. The summed E-state index contributed by atoms with van der Waals surface area (Å²) in [5, 5.41) is 3.31. The van der Waals surface area contributed by atoms with Crippen LogP contribution in [0.2, 0.25) is 0 Å². The summed E-state index contributed by atoms with van der Waals surface area (Å²) in [5.41, 5.74) is 1.13. The molecule has 1 aliphatic carbocycles. The van der Waals surface area contributed by atoms with Crippen molar-refractivity contribution in [1.29, 1.82) is 0 Å². The zero-order chi connectivity index (χ0) is 15.8. The standard InChI is InChI=1S/C15H23BrN2O2S/c1-10(2)17-9-11-5-6-13(12(16)7-11)21(19,20)18-14-8-15(14,3)4/h5-7,10,14,17-18H,8-9H2,1-4H3. The van der Waals surface area contributed by atoms with Gasteiger partial charge in [-0.15, -0.1) is 0 Å². The second-order valence-electron chi connectivity index (χ2n) is 6.67. The van der Waals surface area contributed by atoms with Gasteiger partial charge in [0.1, 0.15) is 0 Å². The Morgan fingerprint density at radius 3 is 2.48 bits per heavy atom. The van der Waals surface area contributed by atoms with Crippen LogP contribution in [-0.2, 0) is 16.6 Å². The molecule has 1 saturated carbocycles. The Morgan fingerprint density at radius 2 is 2.00 bits per heavy atom. The van der Waals surface area contributed by atoms with E-state index in [0.717, 1.165) is 18.5 Å². The molecule has 1 aromatic carbocycles. The first-order chi connectivity index (χ1) is 9.62. The number of rotatable bonds is 6. The van der Waals surface area contributed by atoms with Gasteiger partial charge in [0.25, 0.3) is 0 Å². The van der Waals surface area contributed by atoms with E-state index in [1.54, 1.807) is 6.07 Å². The Kier molecular flexibility index (Phi) is 4.83. The Balaban J connectivity index is 2.13. The maximum absolute atomic E-state index is 12.4. The number of hydrogen-bond donors (Lipinski definition) is 2. The molecule has 0 heterocycles. The van der Waals surface area contributed by atoms with E-state index in [0.29, 0.717) is 15.4 Å².